The summed E-state index contributed by atoms with van der Waals surface area (Å²) in [5, 5.41) is 3.93. The molecule has 0 saturated heterocycles. The molecule has 174 valence electrons. The Kier molecular flexibility index (Phi) is 10.7. The summed E-state index contributed by atoms with van der Waals surface area (Å²) in [6.07, 6.45) is 0.520. The van der Waals surface area contributed by atoms with E-state index in [1.165, 1.54) is 11.8 Å². The van der Waals surface area contributed by atoms with Gasteiger partial charge >= 0.3 is 0 Å². The van der Waals surface area contributed by atoms with Crippen molar-refractivity contribution in [1.82, 2.24) is 10.2 Å². The van der Waals surface area contributed by atoms with Crippen molar-refractivity contribution in [2.45, 2.75) is 51.6 Å². The fraction of sp³-hybridized carbons (Fsp3) is 0.417. The fourth-order valence-corrected chi connectivity index (χ4v) is 4.41. The third kappa shape index (κ3) is 7.91. The van der Waals surface area contributed by atoms with Crippen LogP contribution in [-0.2, 0) is 21.9 Å². The molecule has 0 heterocycles. The average Bonchev–Trinajstić information content (AvgIpc) is 2.75. The summed E-state index contributed by atoms with van der Waals surface area (Å²) in [7, 11) is 1.60. The molecule has 0 aliphatic carbocycles. The minimum Gasteiger partial charge on any atom is -0.497 e. The van der Waals surface area contributed by atoms with Gasteiger partial charge in [-0.1, -0.05) is 48.3 Å². The van der Waals surface area contributed by atoms with Gasteiger partial charge in [0.25, 0.3) is 0 Å². The number of ether oxygens (including phenoxy) is 1. The first-order valence-electron chi connectivity index (χ1n) is 10.5. The van der Waals surface area contributed by atoms with Crippen LogP contribution in [0.3, 0.4) is 0 Å². The van der Waals surface area contributed by atoms with Gasteiger partial charge in [-0.3, -0.25) is 9.59 Å². The summed E-state index contributed by atoms with van der Waals surface area (Å²) < 4.78 is 5.31. The second-order valence-electron chi connectivity index (χ2n) is 7.70. The number of carbonyl (C=O) groups excluding carboxylic acids is 2. The first kappa shape index (κ1) is 26.4. The zero-order valence-electron chi connectivity index (χ0n) is 18.9. The number of nitrogens with one attached hydrogen (secondary N) is 1. The van der Waals surface area contributed by atoms with Gasteiger partial charge in [0.1, 0.15) is 11.8 Å². The highest BCUT2D eigenvalue weighted by atomic mass is 35.5. The average molecular weight is 497 g/mol. The monoisotopic (exact) mass is 496 g/mol. The predicted molar refractivity (Wildman–Crippen MR) is 134 cm³/mol. The largest absolute Gasteiger partial charge is 0.497 e. The van der Waals surface area contributed by atoms with Gasteiger partial charge in [-0.2, -0.15) is 0 Å². The summed E-state index contributed by atoms with van der Waals surface area (Å²) in [5.74, 6) is 1.33. The van der Waals surface area contributed by atoms with Crippen LogP contribution in [0.15, 0.2) is 42.5 Å². The lowest BCUT2D eigenvalue weighted by atomic mass is 10.1. The Morgan fingerprint density at radius 2 is 1.84 bits per heavy atom. The van der Waals surface area contributed by atoms with Gasteiger partial charge in [-0.15, -0.1) is 11.8 Å². The van der Waals surface area contributed by atoms with E-state index in [-0.39, 0.29) is 23.6 Å². The molecule has 0 aromatic heterocycles. The van der Waals surface area contributed by atoms with Gasteiger partial charge in [0.2, 0.25) is 11.8 Å². The van der Waals surface area contributed by atoms with Crippen molar-refractivity contribution < 1.29 is 14.3 Å². The minimum absolute atomic E-state index is 0.00523. The number of hydrogen-bond donors (Lipinski definition) is 1. The van der Waals surface area contributed by atoms with Crippen molar-refractivity contribution in [1.29, 1.82) is 0 Å². The predicted octanol–water partition coefficient (Wildman–Crippen LogP) is 5.57. The standard InChI is InChI=1S/C24H30Cl2N2O3S/c1-5-22(24(30)27-16(2)3)28(13-17-7-6-8-19(11-17)31-4)23(29)15-32-14-18-9-10-20(25)21(26)12-18/h6-12,16,22H,5,13-15H2,1-4H3,(H,27,30). The van der Waals surface area contributed by atoms with Crippen molar-refractivity contribution >= 4 is 46.8 Å². The summed E-state index contributed by atoms with van der Waals surface area (Å²) in [4.78, 5) is 27.8. The van der Waals surface area contributed by atoms with Crippen LogP contribution in [0.1, 0.15) is 38.3 Å². The Morgan fingerprint density at radius 3 is 2.47 bits per heavy atom. The highest BCUT2D eigenvalue weighted by Gasteiger charge is 2.28. The molecule has 0 bridgehead atoms. The third-order valence-electron chi connectivity index (χ3n) is 4.78. The Hall–Kier alpha value is -1.89. The third-order valence-corrected chi connectivity index (χ3v) is 6.51. The summed E-state index contributed by atoms with van der Waals surface area (Å²) >= 11 is 13.5. The van der Waals surface area contributed by atoms with Gasteiger partial charge in [-0.25, -0.2) is 0 Å². The number of rotatable bonds is 11. The topological polar surface area (TPSA) is 58.6 Å². The molecule has 32 heavy (non-hydrogen) atoms. The molecule has 8 heteroatoms. The first-order chi connectivity index (χ1) is 15.2. The van der Waals surface area contributed by atoms with E-state index in [1.807, 2.05) is 51.1 Å². The lowest BCUT2D eigenvalue weighted by Gasteiger charge is -2.31. The molecule has 5 nitrogen and oxygen atoms in total. The number of thioether (sulfide) groups is 1. The Balaban J connectivity index is 2.16. The lowest BCUT2D eigenvalue weighted by molar-refractivity contribution is -0.139. The van der Waals surface area contributed by atoms with E-state index in [9.17, 15) is 9.59 Å². The van der Waals surface area contributed by atoms with Crippen molar-refractivity contribution in [2.24, 2.45) is 0 Å². The molecule has 2 aromatic carbocycles. The van der Waals surface area contributed by atoms with Gasteiger partial charge in [-0.05, 0) is 55.7 Å². The SMILES string of the molecule is CCC(C(=O)NC(C)C)N(Cc1cccc(OC)c1)C(=O)CSCc1ccc(Cl)c(Cl)c1. The molecule has 1 atom stereocenters. The Morgan fingerprint density at radius 1 is 1.09 bits per heavy atom. The minimum atomic E-state index is -0.554. The molecule has 0 radical (unpaired) electrons. The second-order valence-corrected chi connectivity index (χ2v) is 9.50. The highest BCUT2D eigenvalue weighted by Crippen LogP contribution is 2.25. The summed E-state index contributed by atoms with van der Waals surface area (Å²) in [6, 6.07) is 12.4. The maximum absolute atomic E-state index is 13.3. The van der Waals surface area contributed by atoms with Gasteiger partial charge in [0.05, 0.1) is 22.9 Å². The zero-order valence-corrected chi connectivity index (χ0v) is 21.2. The van der Waals surface area contributed by atoms with Gasteiger partial charge in [0.15, 0.2) is 0 Å². The summed E-state index contributed by atoms with van der Waals surface area (Å²) in [5.41, 5.74) is 1.89. The molecule has 0 fully saturated rings. The van der Waals surface area contributed by atoms with E-state index in [1.54, 1.807) is 24.1 Å². The van der Waals surface area contributed by atoms with E-state index >= 15 is 0 Å². The number of halogens is 2. The fourth-order valence-electron chi connectivity index (χ4n) is 3.24. The normalized spacial score (nSPS) is 11.8. The Bertz CT molecular complexity index is 924. The number of methoxy groups -OCH3 is 1. The first-order valence-corrected chi connectivity index (χ1v) is 12.4. The van der Waals surface area contributed by atoms with E-state index in [0.717, 1.165) is 11.1 Å². The molecule has 2 aromatic rings. The molecule has 0 spiro atoms. The van der Waals surface area contributed by atoms with Crippen molar-refractivity contribution in [3.8, 4) is 5.75 Å². The number of hydrogen-bond acceptors (Lipinski definition) is 4. The lowest BCUT2D eigenvalue weighted by Crippen LogP contribution is -2.50. The maximum atomic E-state index is 13.3. The van der Waals surface area contributed by atoms with Crippen molar-refractivity contribution in [3.63, 3.8) is 0 Å². The molecular formula is C24H30Cl2N2O3S. The summed E-state index contributed by atoms with van der Waals surface area (Å²) in [6.45, 7) is 6.06. The number of nitrogens with zero attached hydrogens (tertiary/aromatic N) is 1. The maximum Gasteiger partial charge on any atom is 0.243 e. The van der Waals surface area contributed by atoms with Crippen LogP contribution in [-0.4, -0.2) is 41.7 Å². The van der Waals surface area contributed by atoms with Crippen LogP contribution >= 0.6 is 35.0 Å². The van der Waals surface area contributed by atoms with E-state index in [0.29, 0.717) is 34.5 Å². The number of benzene rings is 2. The number of carbonyl (C=O) groups is 2. The molecule has 2 rings (SSSR count). The molecule has 2 amide bonds. The van der Waals surface area contributed by atoms with Crippen LogP contribution in [0.2, 0.25) is 10.0 Å². The molecular weight excluding hydrogens is 467 g/mol. The smallest absolute Gasteiger partial charge is 0.243 e. The second kappa shape index (κ2) is 13.0. The van der Waals surface area contributed by atoms with Crippen LogP contribution < -0.4 is 10.1 Å². The Labute approximate surface area is 204 Å². The molecule has 0 saturated carbocycles. The van der Waals surface area contributed by atoms with Crippen LogP contribution in [0.25, 0.3) is 0 Å². The quantitative estimate of drug-likeness (QED) is 0.441. The van der Waals surface area contributed by atoms with Crippen LogP contribution in [0, 0.1) is 0 Å². The number of amides is 2. The van der Waals surface area contributed by atoms with E-state index in [4.69, 9.17) is 27.9 Å². The van der Waals surface area contributed by atoms with Crippen LogP contribution in [0.5, 0.6) is 5.75 Å². The van der Waals surface area contributed by atoms with E-state index in [2.05, 4.69) is 5.32 Å². The highest BCUT2D eigenvalue weighted by molar-refractivity contribution is 7.99. The molecule has 0 aliphatic heterocycles. The van der Waals surface area contributed by atoms with Crippen LogP contribution in [0.4, 0.5) is 0 Å². The van der Waals surface area contributed by atoms with E-state index < -0.39 is 6.04 Å². The van der Waals surface area contributed by atoms with Gasteiger partial charge in [0, 0.05) is 18.3 Å². The van der Waals surface area contributed by atoms with Gasteiger partial charge < -0.3 is 15.0 Å². The molecule has 1 N–H and O–H groups in total. The molecule has 1 unspecified atom stereocenters. The van der Waals surface area contributed by atoms with Crippen molar-refractivity contribution in [2.75, 3.05) is 12.9 Å². The zero-order chi connectivity index (χ0) is 23.7. The van der Waals surface area contributed by atoms with Crippen molar-refractivity contribution in [3.05, 3.63) is 63.6 Å². The molecule has 0 aliphatic rings.